The highest BCUT2D eigenvalue weighted by Gasteiger charge is 2.40. The van der Waals surface area contributed by atoms with Crippen molar-refractivity contribution in [3.8, 4) is 0 Å². The zero-order valence-corrected chi connectivity index (χ0v) is 12.3. The smallest absolute Gasteiger partial charge is 0.329 e. The number of carbonyl (C=O) groups is 2. The Labute approximate surface area is 124 Å². The summed E-state index contributed by atoms with van der Waals surface area (Å²) in [5.41, 5.74) is 0.986. The van der Waals surface area contributed by atoms with E-state index in [2.05, 4.69) is 5.32 Å². The van der Waals surface area contributed by atoms with Gasteiger partial charge in [0.1, 0.15) is 5.54 Å². The van der Waals surface area contributed by atoms with Crippen molar-refractivity contribution in [3.63, 3.8) is 0 Å². The Morgan fingerprint density at radius 1 is 1.14 bits per heavy atom. The molecule has 112 valence electrons. The number of carboxylic acid groups (broad SMARTS) is 1. The van der Waals surface area contributed by atoms with Crippen LogP contribution in [0.5, 0.6) is 0 Å². The Balaban J connectivity index is 2.02. The standard InChI is InChI=1S/C17H21NO3/c1-13-5-7-14(8-6-13)9-10-15(19)18-17(16(20)21)11-3-2-4-12-17/h5-10H,2-4,11-12H2,1H3,(H,18,19)(H,20,21)/b10-9+. The summed E-state index contributed by atoms with van der Waals surface area (Å²) < 4.78 is 0. The normalized spacial score (nSPS) is 17.6. The van der Waals surface area contributed by atoms with Gasteiger partial charge in [0.25, 0.3) is 0 Å². The second-order valence-corrected chi connectivity index (χ2v) is 5.68. The molecule has 1 aliphatic carbocycles. The number of hydrogen-bond acceptors (Lipinski definition) is 2. The molecule has 4 nitrogen and oxygen atoms in total. The maximum Gasteiger partial charge on any atom is 0.329 e. The number of benzene rings is 1. The number of carboxylic acids is 1. The molecule has 1 aromatic rings. The molecule has 2 rings (SSSR count). The van der Waals surface area contributed by atoms with E-state index in [1.165, 1.54) is 6.08 Å². The third-order valence-corrected chi connectivity index (χ3v) is 3.98. The van der Waals surface area contributed by atoms with Gasteiger partial charge in [-0.15, -0.1) is 0 Å². The van der Waals surface area contributed by atoms with Crippen LogP contribution in [0.15, 0.2) is 30.3 Å². The molecule has 4 heteroatoms. The number of aliphatic carboxylic acids is 1. The topological polar surface area (TPSA) is 66.4 Å². The lowest BCUT2D eigenvalue weighted by atomic mass is 9.81. The summed E-state index contributed by atoms with van der Waals surface area (Å²) in [6.45, 7) is 2.00. The van der Waals surface area contributed by atoms with Crippen molar-refractivity contribution >= 4 is 18.0 Å². The molecule has 0 atom stereocenters. The van der Waals surface area contributed by atoms with Crippen molar-refractivity contribution in [2.24, 2.45) is 0 Å². The van der Waals surface area contributed by atoms with Crippen LogP contribution in [0.3, 0.4) is 0 Å². The predicted octanol–water partition coefficient (Wildman–Crippen LogP) is 2.91. The van der Waals surface area contributed by atoms with Gasteiger partial charge in [-0.3, -0.25) is 4.79 Å². The fourth-order valence-electron chi connectivity index (χ4n) is 2.67. The molecule has 2 N–H and O–H groups in total. The molecule has 0 aromatic heterocycles. The van der Waals surface area contributed by atoms with Crippen LogP contribution >= 0.6 is 0 Å². The fourth-order valence-corrected chi connectivity index (χ4v) is 2.67. The summed E-state index contributed by atoms with van der Waals surface area (Å²) in [5, 5.41) is 12.1. The van der Waals surface area contributed by atoms with E-state index in [9.17, 15) is 14.7 Å². The van der Waals surface area contributed by atoms with Gasteiger partial charge in [0.2, 0.25) is 5.91 Å². The van der Waals surface area contributed by atoms with Gasteiger partial charge in [-0.1, -0.05) is 49.1 Å². The monoisotopic (exact) mass is 287 g/mol. The van der Waals surface area contributed by atoms with E-state index in [0.29, 0.717) is 12.8 Å². The average molecular weight is 287 g/mol. The molecule has 0 heterocycles. The Morgan fingerprint density at radius 3 is 2.33 bits per heavy atom. The minimum Gasteiger partial charge on any atom is -0.480 e. The number of rotatable bonds is 4. The van der Waals surface area contributed by atoms with Gasteiger partial charge in [-0.2, -0.15) is 0 Å². The third-order valence-electron chi connectivity index (χ3n) is 3.98. The zero-order valence-electron chi connectivity index (χ0n) is 12.3. The van der Waals surface area contributed by atoms with Crippen LogP contribution in [0.2, 0.25) is 0 Å². The molecule has 0 aliphatic heterocycles. The molecule has 0 saturated heterocycles. The summed E-state index contributed by atoms with van der Waals surface area (Å²) in [7, 11) is 0. The maximum absolute atomic E-state index is 12.0. The highest BCUT2D eigenvalue weighted by molar-refractivity contribution is 5.95. The Kier molecular flexibility index (Phi) is 4.78. The molecule has 0 unspecified atom stereocenters. The lowest BCUT2D eigenvalue weighted by Gasteiger charge is -2.33. The van der Waals surface area contributed by atoms with E-state index in [1.54, 1.807) is 6.08 Å². The van der Waals surface area contributed by atoms with E-state index < -0.39 is 11.5 Å². The summed E-state index contributed by atoms with van der Waals surface area (Å²) in [6, 6.07) is 7.79. The molecule has 0 bridgehead atoms. The van der Waals surface area contributed by atoms with Crippen LogP contribution < -0.4 is 5.32 Å². The SMILES string of the molecule is Cc1ccc(/C=C/C(=O)NC2(C(=O)O)CCCCC2)cc1. The summed E-state index contributed by atoms with van der Waals surface area (Å²) >= 11 is 0. The second kappa shape index (κ2) is 6.57. The van der Waals surface area contributed by atoms with E-state index in [1.807, 2.05) is 31.2 Å². The number of amides is 1. The molecule has 1 aliphatic rings. The summed E-state index contributed by atoms with van der Waals surface area (Å²) in [6.07, 6.45) is 6.84. The summed E-state index contributed by atoms with van der Waals surface area (Å²) in [5.74, 6) is -1.28. The van der Waals surface area contributed by atoms with Gasteiger partial charge in [-0.05, 0) is 31.4 Å². The number of carbonyl (C=O) groups excluding carboxylic acids is 1. The van der Waals surface area contributed by atoms with Crippen LogP contribution in [0, 0.1) is 6.92 Å². The van der Waals surface area contributed by atoms with Crippen molar-refractivity contribution in [3.05, 3.63) is 41.5 Å². The van der Waals surface area contributed by atoms with Crippen molar-refractivity contribution in [1.82, 2.24) is 5.32 Å². The highest BCUT2D eigenvalue weighted by atomic mass is 16.4. The first-order valence-electron chi connectivity index (χ1n) is 7.32. The van der Waals surface area contributed by atoms with Crippen molar-refractivity contribution < 1.29 is 14.7 Å². The van der Waals surface area contributed by atoms with Crippen LogP contribution in [-0.2, 0) is 9.59 Å². The first-order valence-corrected chi connectivity index (χ1v) is 7.32. The van der Waals surface area contributed by atoms with Gasteiger partial charge in [0.15, 0.2) is 0 Å². The van der Waals surface area contributed by atoms with Gasteiger partial charge in [-0.25, -0.2) is 4.79 Å². The lowest BCUT2D eigenvalue weighted by molar-refractivity contribution is -0.148. The Bertz CT molecular complexity index is 540. The van der Waals surface area contributed by atoms with Crippen LogP contribution in [0.25, 0.3) is 6.08 Å². The Morgan fingerprint density at radius 2 is 1.76 bits per heavy atom. The summed E-state index contributed by atoms with van der Waals surface area (Å²) in [4.78, 5) is 23.5. The molecular weight excluding hydrogens is 266 g/mol. The maximum atomic E-state index is 12.0. The molecule has 1 fully saturated rings. The number of hydrogen-bond donors (Lipinski definition) is 2. The minimum atomic E-state index is -1.09. The van der Waals surface area contributed by atoms with Gasteiger partial charge < -0.3 is 10.4 Å². The molecular formula is C17H21NO3. The van der Waals surface area contributed by atoms with Crippen molar-refractivity contribution in [2.45, 2.75) is 44.6 Å². The lowest BCUT2D eigenvalue weighted by Crippen LogP contribution is -2.55. The fraction of sp³-hybridized carbons (Fsp3) is 0.412. The highest BCUT2D eigenvalue weighted by Crippen LogP contribution is 2.28. The minimum absolute atomic E-state index is 0.347. The van der Waals surface area contributed by atoms with E-state index >= 15 is 0 Å². The van der Waals surface area contributed by atoms with E-state index in [0.717, 1.165) is 30.4 Å². The van der Waals surface area contributed by atoms with E-state index in [-0.39, 0.29) is 5.91 Å². The second-order valence-electron chi connectivity index (χ2n) is 5.68. The van der Waals surface area contributed by atoms with Crippen molar-refractivity contribution in [1.29, 1.82) is 0 Å². The van der Waals surface area contributed by atoms with Gasteiger partial charge >= 0.3 is 5.97 Å². The first kappa shape index (κ1) is 15.3. The van der Waals surface area contributed by atoms with Crippen LogP contribution in [0.1, 0.15) is 43.2 Å². The molecule has 0 spiro atoms. The zero-order chi connectivity index (χ0) is 15.3. The molecule has 0 radical (unpaired) electrons. The Hall–Kier alpha value is -2.10. The van der Waals surface area contributed by atoms with Crippen LogP contribution in [-0.4, -0.2) is 22.5 Å². The first-order chi connectivity index (χ1) is 10.0. The quantitative estimate of drug-likeness (QED) is 0.837. The van der Waals surface area contributed by atoms with E-state index in [4.69, 9.17) is 0 Å². The van der Waals surface area contributed by atoms with Gasteiger partial charge in [0, 0.05) is 6.08 Å². The average Bonchev–Trinajstić information content (AvgIpc) is 2.47. The molecule has 21 heavy (non-hydrogen) atoms. The number of nitrogens with one attached hydrogen (secondary N) is 1. The molecule has 1 aromatic carbocycles. The van der Waals surface area contributed by atoms with Crippen LogP contribution in [0.4, 0.5) is 0 Å². The number of aryl methyl sites for hydroxylation is 1. The largest absolute Gasteiger partial charge is 0.480 e. The van der Waals surface area contributed by atoms with Crippen molar-refractivity contribution in [2.75, 3.05) is 0 Å². The molecule has 1 saturated carbocycles. The molecule has 1 amide bonds. The predicted molar refractivity (Wildman–Crippen MR) is 81.8 cm³/mol. The van der Waals surface area contributed by atoms with Gasteiger partial charge in [0.05, 0.1) is 0 Å². The third kappa shape index (κ3) is 3.94.